The standard InChI is InChI=1S/C12H13NO5S/c1-18-12(15)9-19(16,17)13-11-7-3-2-5-10(11)6-4-8-14/h2-3,5,7,13-14H,8-9H2,1H3. The highest BCUT2D eigenvalue weighted by atomic mass is 32.2. The lowest BCUT2D eigenvalue weighted by Crippen LogP contribution is -2.24. The van der Waals surface area contributed by atoms with Gasteiger partial charge in [0.1, 0.15) is 6.61 Å². The summed E-state index contributed by atoms with van der Waals surface area (Å²) < 4.78 is 29.9. The predicted octanol–water partition coefficient (Wildman–Crippen LogP) is -0.0549. The molecular formula is C12H13NO5S. The smallest absolute Gasteiger partial charge is 0.322 e. The zero-order valence-corrected chi connectivity index (χ0v) is 11.0. The molecule has 2 N–H and O–H groups in total. The van der Waals surface area contributed by atoms with Crippen LogP contribution in [0, 0.1) is 11.8 Å². The Balaban J connectivity index is 2.96. The number of aliphatic hydroxyl groups is 1. The Bertz CT molecular complexity index is 612. The van der Waals surface area contributed by atoms with Gasteiger partial charge in [0, 0.05) is 5.56 Å². The van der Waals surface area contributed by atoms with Gasteiger partial charge in [-0.1, -0.05) is 24.0 Å². The molecule has 1 rings (SSSR count). The topological polar surface area (TPSA) is 92.7 Å². The van der Waals surface area contributed by atoms with Crippen molar-refractivity contribution >= 4 is 21.7 Å². The van der Waals surface area contributed by atoms with Gasteiger partial charge in [-0.25, -0.2) is 8.42 Å². The first kappa shape index (κ1) is 15.0. The number of hydrogen-bond acceptors (Lipinski definition) is 5. The number of sulfonamides is 1. The largest absolute Gasteiger partial charge is 0.468 e. The lowest BCUT2D eigenvalue weighted by atomic mass is 10.2. The average molecular weight is 283 g/mol. The fraction of sp³-hybridized carbons (Fsp3) is 0.250. The molecule has 7 heteroatoms. The van der Waals surface area contributed by atoms with Gasteiger partial charge in [-0.3, -0.25) is 9.52 Å². The Kier molecular flexibility index (Phi) is 5.36. The number of esters is 1. The molecule has 0 fully saturated rings. The summed E-state index contributed by atoms with van der Waals surface area (Å²) in [5.41, 5.74) is 0.650. The van der Waals surface area contributed by atoms with E-state index in [1.165, 1.54) is 6.07 Å². The van der Waals surface area contributed by atoms with E-state index in [0.29, 0.717) is 5.56 Å². The Morgan fingerprint density at radius 3 is 2.74 bits per heavy atom. The van der Waals surface area contributed by atoms with E-state index in [9.17, 15) is 13.2 Å². The van der Waals surface area contributed by atoms with Gasteiger partial charge in [0.05, 0.1) is 12.8 Å². The van der Waals surface area contributed by atoms with E-state index < -0.39 is 21.7 Å². The van der Waals surface area contributed by atoms with Gasteiger partial charge in [0.2, 0.25) is 10.0 Å². The van der Waals surface area contributed by atoms with Gasteiger partial charge in [-0.2, -0.15) is 0 Å². The van der Waals surface area contributed by atoms with Crippen molar-refractivity contribution in [3.05, 3.63) is 29.8 Å². The summed E-state index contributed by atoms with van der Waals surface area (Å²) in [7, 11) is -2.74. The second kappa shape index (κ2) is 6.78. The average Bonchev–Trinajstić information content (AvgIpc) is 2.36. The molecule has 0 aliphatic carbocycles. The Labute approximate surface area is 111 Å². The summed E-state index contributed by atoms with van der Waals surface area (Å²) in [5.74, 6) is 3.40. The van der Waals surface area contributed by atoms with Gasteiger partial charge in [0.25, 0.3) is 0 Å². The second-order valence-electron chi connectivity index (χ2n) is 3.44. The molecule has 6 nitrogen and oxygen atoms in total. The molecule has 0 unspecified atom stereocenters. The number of nitrogens with one attached hydrogen (secondary N) is 1. The van der Waals surface area contributed by atoms with Crippen LogP contribution in [-0.4, -0.2) is 39.0 Å². The second-order valence-corrected chi connectivity index (χ2v) is 5.17. The van der Waals surface area contributed by atoms with E-state index in [2.05, 4.69) is 21.3 Å². The molecule has 0 aliphatic heterocycles. The molecule has 1 aromatic carbocycles. The number of hydrogen-bond donors (Lipinski definition) is 2. The molecule has 1 aromatic rings. The number of para-hydroxylation sites is 1. The van der Waals surface area contributed by atoms with Crippen molar-refractivity contribution in [1.29, 1.82) is 0 Å². The Morgan fingerprint density at radius 2 is 2.11 bits per heavy atom. The lowest BCUT2D eigenvalue weighted by Gasteiger charge is -2.08. The maximum Gasteiger partial charge on any atom is 0.322 e. The molecule has 0 bridgehead atoms. The number of aliphatic hydroxyl groups excluding tert-OH is 1. The molecule has 102 valence electrons. The molecule has 0 spiro atoms. The van der Waals surface area contributed by atoms with Gasteiger partial charge in [0.15, 0.2) is 5.75 Å². The van der Waals surface area contributed by atoms with Crippen molar-refractivity contribution in [2.24, 2.45) is 0 Å². The highest BCUT2D eigenvalue weighted by Gasteiger charge is 2.17. The molecule has 0 aliphatic rings. The summed E-state index contributed by atoms with van der Waals surface area (Å²) in [5, 5.41) is 8.63. The van der Waals surface area contributed by atoms with Crippen LogP contribution in [0.1, 0.15) is 5.56 Å². The van der Waals surface area contributed by atoms with Crippen molar-refractivity contribution in [3.8, 4) is 11.8 Å². The fourth-order valence-corrected chi connectivity index (χ4v) is 2.25. The number of rotatable bonds is 4. The number of carbonyl (C=O) groups excluding carboxylic acids is 1. The summed E-state index contributed by atoms with van der Waals surface area (Å²) >= 11 is 0. The molecular weight excluding hydrogens is 270 g/mol. The van der Waals surface area contributed by atoms with Crippen LogP contribution in [0.15, 0.2) is 24.3 Å². The van der Waals surface area contributed by atoms with E-state index in [4.69, 9.17) is 5.11 Å². The van der Waals surface area contributed by atoms with Gasteiger partial charge in [-0.05, 0) is 12.1 Å². The normalized spacial score (nSPS) is 10.2. The van der Waals surface area contributed by atoms with E-state index >= 15 is 0 Å². The highest BCUT2D eigenvalue weighted by molar-refractivity contribution is 7.93. The monoisotopic (exact) mass is 283 g/mol. The lowest BCUT2D eigenvalue weighted by molar-refractivity contribution is -0.137. The molecule has 0 heterocycles. The molecule has 0 saturated heterocycles. The quantitative estimate of drug-likeness (QED) is 0.597. The first-order valence-corrected chi connectivity index (χ1v) is 6.90. The number of ether oxygens (including phenoxy) is 1. The number of carbonyl (C=O) groups is 1. The van der Waals surface area contributed by atoms with Crippen molar-refractivity contribution < 1.29 is 23.1 Å². The minimum absolute atomic E-state index is 0.243. The van der Waals surface area contributed by atoms with Crippen LogP contribution < -0.4 is 4.72 Å². The van der Waals surface area contributed by atoms with Gasteiger partial charge >= 0.3 is 5.97 Å². The Hall–Kier alpha value is -2.04. The van der Waals surface area contributed by atoms with Crippen LogP contribution in [0.25, 0.3) is 0 Å². The predicted molar refractivity (Wildman–Crippen MR) is 69.8 cm³/mol. The number of methoxy groups -OCH3 is 1. The molecule has 0 atom stereocenters. The highest BCUT2D eigenvalue weighted by Crippen LogP contribution is 2.15. The van der Waals surface area contributed by atoms with Gasteiger partial charge in [-0.15, -0.1) is 0 Å². The summed E-state index contributed by atoms with van der Waals surface area (Å²) in [6.07, 6.45) is 0. The van der Waals surface area contributed by atoms with E-state index in [1.807, 2.05) is 0 Å². The fourth-order valence-electron chi connectivity index (χ4n) is 1.23. The van der Waals surface area contributed by atoms with Crippen molar-refractivity contribution in [2.45, 2.75) is 0 Å². The van der Waals surface area contributed by atoms with Gasteiger partial charge < -0.3 is 9.84 Å². The SMILES string of the molecule is COC(=O)CS(=O)(=O)Nc1ccccc1C#CCO. The van der Waals surface area contributed by atoms with Crippen LogP contribution in [0.3, 0.4) is 0 Å². The first-order chi connectivity index (χ1) is 8.98. The molecule has 0 aromatic heterocycles. The molecule has 0 amide bonds. The number of anilines is 1. The minimum atomic E-state index is -3.85. The third kappa shape index (κ3) is 4.99. The van der Waals surface area contributed by atoms with Crippen molar-refractivity contribution in [3.63, 3.8) is 0 Å². The van der Waals surface area contributed by atoms with E-state index in [1.54, 1.807) is 18.2 Å². The van der Waals surface area contributed by atoms with Crippen LogP contribution in [0.2, 0.25) is 0 Å². The maximum atomic E-state index is 11.7. The summed E-state index contributed by atoms with van der Waals surface area (Å²) in [6, 6.07) is 6.41. The molecule has 19 heavy (non-hydrogen) atoms. The van der Waals surface area contributed by atoms with Crippen molar-refractivity contribution in [2.75, 3.05) is 24.2 Å². The van der Waals surface area contributed by atoms with E-state index in [0.717, 1.165) is 7.11 Å². The Morgan fingerprint density at radius 1 is 1.42 bits per heavy atom. The molecule has 0 radical (unpaired) electrons. The first-order valence-electron chi connectivity index (χ1n) is 5.24. The molecule has 0 saturated carbocycles. The third-order valence-electron chi connectivity index (χ3n) is 2.03. The van der Waals surface area contributed by atoms with Crippen LogP contribution in [0.4, 0.5) is 5.69 Å². The number of benzene rings is 1. The van der Waals surface area contributed by atoms with Crippen molar-refractivity contribution in [1.82, 2.24) is 0 Å². The van der Waals surface area contributed by atoms with Crippen LogP contribution in [0.5, 0.6) is 0 Å². The van der Waals surface area contributed by atoms with Crippen LogP contribution in [-0.2, 0) is 19.6 Å². The zero-order chi connectivity index (χ0) is 14.3. The summed E-state index contributed by atoms with van der Waals surface area (Å²) in [6.45, 7) is -0.330. The zero-order valence-electron chi connectivity index (χ0n) is 10.2. The minimum Gasteiger partial charge on any atom is -0.468 e. The summed E-state index contributed by atoms with van der Waals surface area (Å²) in [4.78, 5) is 11.0. The maximum absolute atomic E-state index is 11.7. The third-order valence-corrected chi connectivity index (χ3v) is 3.18. The van der Waals surface area contributed by atoms with Crippen LogP contribution >= 0.6 is 0 Å². The van der Waals surface area contributed by atoms with E-state index in [-0.39, 0.29) is 12.3 Å².